The zero-order chi connectivity index (χ0) is 25.5. The molecule has 4 rings (SSSR count). The van der Waals surface area contributed by atoms with Gasteiger partial charge in [0.1, 0.15) is 0 Å². The fourth-order valence-corrected chi connectivity index (χ4v) is 4.25. The van der Waals surface area contributed by atoms with Crippen LogP contribution in [0.4, 0.5) is 13.2 Å². The van der Waals surface area contributed by atoms with Gasteiger partial charge in [-0.25, -0.2) is 0 Å². The first-order chi connectivity index (χ1) is 16.5. The zero-order valence-electron chi connectivity index (χ0n) is 19.7. The number of halogens is 3. The van der Waals surface area contributed by atoms with Gasteiger partial charge in [0, 0.05) is 29.2 Å². The van der Waals surface area contributed by atoms with Gasteiger partial charge >= 0.3 is 6.18 Å². The lowest BCUT2D eigenvalue weighted by molar-refractivity contribution is -0.137. The van der Waals surface area contributed by atoms with Crippen molar-refractivity contribution in [2.24, 2.45) is 0 Å². The summed E-state index contributed by atoms with van der Waals surface area (Å²) in [6.45, 7) is 7.32. The number of nitrogens with zero attached hydrogens (tertiary/aromatic N) is 2. The van der Waals surface area contributed by atoms with Gasteiger partial charge < -0.3 is 10.3 Å². The van der Waals surface area contributed by atoms with E-state index < -0.39 is 17.6 Å². The number of aromatic nitrogens is 3. The molecule has 2 aromatic heterocycles. The minimum absolute atomic E-state index is 0.0243. The minimum atomic E-state index is -4.56. The summed E-state index contributed by atoms with van der Waals surface area (Å²) in [5.74, 6) is -0.510. The number of hydrogen-bond donors (Lipinski definition) is 2. The van der Waals surface area contributed by atoms with Gasteiger partial charge in [0.15, 0.2) is 0 Å². The van der Waals surface area contributed by atoms with Crippen LogP contribution >= 0.6 is 0 Å². The van der Waals surface area contributed by atoms with Crippen molar-refractivity contribution in [1.82, 2.24) is 20.1 Å². The van der Waals surface area contributed by atoms with E-state index in [-0.39, 0.29) is 34.8 Å². The number of benzene rings is 2. The molecule has 35 heavy (non-hydrogen) atoms. The molecule has 0 saturated heterocycles. The summed E-state index contributed by atoms with van der Waals surface area (Å²) in [4.78, 5) is 28.3. The molecule has 0 saturated carbocycles. The topological polar surface area (TPSA) is 79.8 Å². The number of H-pyrrole nitrogens is 1. The van der Waals surface area contributed by atoms with Crippen molar-refractivity contribution in [2.45, 2.75) is 46.5 Å². The molecule has 0 aliphatic heterocycles. The van der Waals surface area contributed by atoms with Crippen molar-refractivity contribution >= 4 is 16.8 Å². The van der Waals surface area contributed by atoms with E-state index in [4.69, 9.17) is 0 Å². The second-order valence-electron chi connectivity index (χ2n) is 8.81. The summed E-state index contributed by atoms with van der Waals surface area (Å²) in [5.41, 5.74) is 1.72. The maximum absolute atomic E-state index is 13.7. The van der Waals surface area contributed by atoms with Crippen LogP contribution < -0.4 is 10.9 Å². The van der Waals surface area contributed by atoms with E-state index in [9.17, 15) is 22.8 Å². The first-order valence-electron chi connectivity index (χ1n) is 11.1. The van der Waals surface area contributed by atoms with E-state index in [2.05, 4.69) is 15.4 Å². The molecule has 0 unspecified atom stereocenters. The summed E-state index contributed by atoms with van der Waals surface area (Å²) < 4.78 is 42.9. The average Bonchev–Trinajstić information content (AvgIpc) is 3.21. The highest BCUT2D eigenvalue weighted by atomic mass is 19.4. The van der Waals surface area contributed by atoms with Gasteiger partial charge in [-0.05, 0) is 68.7 Å². The molecular formula is C26H25F3N4O2. The van der Waals surface area contributed by atoms with Crippen LogP contribution in [-0.2, 0) is 12.7 Å². The van der Waals surface area contributed by atoms with Crippen molar-refractivity contribution < 1.29 is 18.0 Å². The lowest BCUT2D eigenvalue weighted by Gasteiger charge is -2.16. The van der Waals surface area contributed by atoms with Gasteiger partial charge in [0.25, 0.3) is 11.5 Å². The molecule has 0 radical (unpaired) electrons. The number of hydrogen-bond acceptors (Lipinski definition) is 3. The number of aryl methyl sites for hydroxylation is 2. The monoisotopic (exact) mass is 482 g/mol. The first kappa shape index (κ1) is 24.3. The van der Waals surface area contributed by atoms with Crippen LogP contribution in [0.15, 0.2) is 53.5 Å². The van der Waals surface area contributed by atoms with Crippen LogP contribution in [0.1, 0.15) is 52.6 Å². The second-order valence-corrected chi connectivity index (χ2v) is 8.81. The Morgan fingerprint density at radius 2 is 1.86 bits per heavy atom. The van der Waals surface area contributed by atoms with Crippen molar-refractivity contribution in [3.8, 4) is 11.1 Å². The number of amides is 1. The molecule has 2 N–H and O–H groups in total. The van der Waals surface area contributed by atoms with Gasteiger partial charge in [-0.1, -0.05) is 18.2 Å². The van der Waals surface area contributed by atoms with E-state index in [1.165, 1.54) is 30.5 Å². The van der Waals surface area contributed by atoms with Crippen LogP contribution in [-0.4, -0.2) is 20.7 Å². The van der Waals surface area contributed by atoms with Crippen LogP contribution in [0.5, 0.6) is 0 Å². The van der Waals surface area contributed by atoms with Crippen LogP contribution in [0, 0.1) is 13.8 Å². The Bertz CT molecular complexity index is 1480. The summed E-state index contributed by atoms with van der Waals surface area (Å²) >= 11 is 0. The van der Waals surface area contributed by atoms with Crippen molar-refractivity contribution in [2.75, 3.05) is 0 Å². The third-order valence-electron chi connectivity index (χ3n) is 5.91. The number of carbonyl (C=O) groups is 1. The van der Waals surface area contributed by atoms with E-state index in [0.29, 0.717) is 22.2 Å². The number of nitrogens with one attached hydrogen (secondary N) is 2. The Balaban J connectivity index is 1.83. The normalized spacial score (nSPS) is 11.9. The Morgan fingerprint density at radius 1 is 1.14 bits per heavy atom. The summed E-state index contributed by atoms with van der Waals surface area (Å²) in [5, 5.41) is 7.62. The van der Waals surface area contributed by atoms with Crippen LogP contribution in [0.3, 0.4) is 0 Å². The van der Waals surface area contributed by atoms with Crippen molar-refractivity contribution in [3.05, 3.63) is 87.0 Å². The number of fused-ring (bicyclic) bond motifs is 1. The molecule has 2 heterocycles. The number of carbonyl (C=O) groups excluding carboxylic acids is 1. The molecule has 4 aromatic rings. The Labute approximate surface area is 199 Å². The first-order valence-corrected chi connectivity index (χ1v) is 11.1. The largest absolute Gasteiger partial charge is 0.417 e. The molecule has 182 valence electrons. The smallest absolute Gasteiger partial charge is 0.348 e. The Hall–Kier alpha value is -3.88. The molecule has 1 amide bonds. The Morgan fingerprint density at radius 3 is 2.51 bits per heavy atom. The third kappa shape index (κ3) is 4.71. The van der Waals surface area contributed by atoms with Crippen molar-refractivity contribution in [3.63, 3.8) is 0 Å². The molecular weight excluding hydrogens is 457 g/mol. The fraction of sp³-hybridized carbons (Fsp3) is 0.269. The molecule has 9 heteroatoms. The number of alkyl halides is 3. The molecule has 0 spiro atoms. The molecule has 0 atom stereocenters. The van der Waals surface area contributed by atoms with Gasteiger partial charge in [-0.15, -0.1) is 0 Å². The second kappa shape index (κ2) is 9.05. The highest BCUT2D eigenvalue weighted by Crippen LogP contribution is 2.38. The molecule has 0 aliphatic rings. The number of rotatable bonds is 5. The predicted molar refractivity (Wildman–Crippen MR) is 128 cm³/mol. The SMILES string of the molecule is Cc1cc(C)c(CNC(=O)c2cc(-c3ccccc3C(F)(F)F)cc3c2cnn3C(C)C)c(=O)[nH]1. The maximum Gasteiger partial charge on any atom is 0.417 e. The van der Waals surface area contributed by atoms with Crippen LogP contribution in [0.2, 0.25) is 0 Å². The Kier molecular flexibility index (Phi) is 6.27. The van der Waals surface area contributed by atoms with E-state index in [1.54, 1.807) is 24.6 Å². The predicted octanol–water partition coefficient (Wildman–Crippen LogP) is 5.54. The summed E-state index contributed by atoms with van der Waals surface area (Å²) in [6.07, 6.45) is -3.02. The number of pyridine rings is 1. The van der Waals surface area contributed by atoms with Gasteiger partial charge in [-0.2, -0.15) is 18.3 Å². The minimum Gasteiger partial charge on any atom is -0.348 e. The summed E-state index contributed by atoms with van der Waals surface area (Å²) in [7, 11) is 0. The fourth-order valence-electron chi connectivity index (χ4n) is 4.25. The lowest BCUT2D eigenvalue weighted by atomic mass is 9.95. The molecule has 6 nitrogen and oxygen atoms in total. The molecule has 0 fully saturated rings. The van der Waals surface area contributed by atoms with Crippen LogP contribution in [0.25, 0.3) is 22.0 Å². The quantitative estimate of drug-likeness (QED) is 0.392. The van der Waals surface area contributed by atoms with Gasteiger partial charge in [0.2, 0.25) is 0 Å². The maximum atomic E-state index is 13.7. The van der Waals surface area contributed by atoms with E-state index >= 15 is 0 Å². The highest BCUT2D eigenvalue weighted by molar-refractivity contribution is 6.08. The summed E-state index contributed by atoms with van der Waals surface area (Å²) in [6, 6.07) is 10.1. The number of aromatic amines is 1. The van der Waals surface area contributed by atoms with E-state index in [1.807, 2.05) is 19.9 Å². The highest BCUT2D eigenvalue weighted by Gasteiger charge is 2.33. The van der Waals surface area contributed by atoms with Crippen molar-refractivity contribution in [1.29, 1.82) is 0 Å². The molecule has 0 bridgehead atoms. The lowest BCUT2D eigenvalue weighted by Crippen LogP contribution is -2.28. The van der Waals surface area contributed by atoms with Gasteiger partial charge in [0.05, 0.1) is 22.8 Å². The average molecular weight is 483 g/mol. The standard InChI is InChI=1S/C26H25F3N4O2/c1-14(2)33-23-11-17(18-7-5-6-8-22(18)26(27,28)29)10-19(21(23)13-31-33)24(34)30-12-20-15(3)9-16(4)32-25(20)35/h5-11,13-14H,12H2,1-4H3,(H,30,34)(H,32,35). The zero-order valence-corrected chi connectivity index (χ0v) is 19.7. The molecule has 2 aromatic carbocycles. The molecule has 0 aliphatic carbocycles. The van der Waals surface area contributed by atoms with Gasteiger partial charge in [-0.3, -0.25) is 14.3 Å². The third-order valence-corrected chi connectivity index (χ3v) is 5.91. The van der Waals surface area contributed by atoms with E-state index in [0.717, 1.165) is 11.6 Å².